The van der Waals surface area contributed by atoms with E-state index in [0.717, 1.165) is 26.4 Å². The Morgan fingerprint density at radius 1 is 1.04 bits per heavy atom. The quantitative estimate of drug-likeness (QED) is 0.453. The predicted octanol–water partition coefficient (Wildman–Crippen LogP) is 5.62. The fraction of sp³-hybridized carbons (Fsp3) is 0.0435. The van der Waals surface area contributed by atoms with Crippen molar-refractivity contribution in [3.63, 3.8) is 0 Å². The van der Waals surface area contributed by atoms with Crippen molar-refractivity contribution in [1.82, 2.24) is 4.98 Å². The van der Waals surface area contributed by atoms with Gasteiger partial charge in [-0.2, -0.15) is 0 Å². The molecule has 5 heteroatoms. The summed E-state index contributed by atoms with van der Waals surface area (Å²) in [7, 11) is 1.59. The van der Waals surface area contributed by atoms with Gasteiger partial charge < -0.3 is 10.1 Å². The van der Waals surface area contributed by atoms with Crippen LogP contribution < -0.4 is 10.1 Å². The van der Waals surface area contributed by atoms with Gasteiger partial charge in [0.1, 0.15) is 10.8 Å². The molecule has 0 bridgehead atoms. The first-order valence-corrected chi connectivity index (χ1v) is 9.63. The molecule has 0 fully saturated rings. The van der Waals surface area contributed by atoms with E-state index in [0.29, 0.717) is 11.4 Å². The van der Waals surface area contributed by atoms with Crippen molar-refractivity contribution >= 4 is 39.2 Å². The largest absolute Gasteiger partial charge is 0.495 e. The molecular weight excluding hydrogens is 368 g/mol. The zero-order chi connectivity index (χ0) is 19.3. The van der Waals surface area contributed by atoms with E-state index in [4.69, 9.17) is 4.74 Å². The van der Waals surface area contributed by atoms with Crippen LogP contribution in [0.15, 0.2) is 78.9 Å². The van der Waals surface area contributed by atoms with Crippen molar-refractivity contribution in [1.29, 1.82) is 0 Å². The number of carbonyl (C=O) groups excluding carboxylic acids is 1. The lowest BCUT2D eigenvalue weighted by Gasteiger charge is -2.10. The maximum atomic E-state index is 12.4. The van der Waals surface area contributed by atoms with Crippen LogP contribution in [0.3, 0.4) is 0 Å². The molecule has 4 aromatic rings. The number of thiazole rings is 1. The molecule has 0 aliphatic heterocycles. The summed E-state index contributed by atoms with van der Waals surface area (Å²) in [5, 5.41) is 3.80. The van der Waals surface area contributed by atoms with Crippen molar-refractivity contribution < 1.29 is 9.53 Å². The molecule has 1 amide bonds. The van der Waals surface area contributed by atoms with E-state index in [-0.39, 0.29) is 5.91 Å². The smallest absolute Gasteiger partial charge is 0.248 e. The molecule has 4 rings (SSSR count). The monoisotopic (exact) mass is 386 g/mol. The van der Waals surface area contributed by atoms with Crippen molar-refractivity contribution in [3.05, 3.63) is 84.4 Å². The van der Waals surface area contributed by atoms with E-state index < -0.39 is 0 Å². The van der Waals surface area contributed by atoms with Gasteiger partial charge in [0.05, 0.1) is 23.0 Å². The lowest BCUT2D eigenvalue weighted by Crippen LogP contribution is -2.09. The molecule has 3 aromatic carbocycles. The van der Waals surface area contributed by atoms with Gasteiger partial charge in [-0.15, -0.1) is 11.3 Å². The first-order chi connectivity index (χ1) is 13.7. The number of fused-ring (bicyclic) bond motifs is 1. The molecule has 0 spiro atoms. The number of aromatic nitrogens is 1. The Labute approximate surface area is 167 Å². The SMILES string of the molecule is COc1ccc(-c2nc3ccccc3s2)cc1NC(=O)/C=C\c1ccccc1. The minimum absolute atomic E-state index is 0.219. The molecule has 1 heterocycles. The predicted molar refractivity (Wildman–Crippen MR) is 116 cm³/mol. The van der Waals surface area contributed by atoms with E-state index in [1.807, 2.05) is 66.7 Å². The van der Waals surface area contributed by atoms with Crippen LogP contribution in [0.5, 0.6) is 5.75 Å². The second kappa shape index (κ2) is 8.06. The van der Waals surface area contributed by atoms with E-state index in [1.165, 1.54) is 6.08 Å². The van der Waals surface area contributed by atoms with Crippen LogP contribution in [-0.2, 0) is 4.79 Å². The third-order valence-electron chi connectivity index (χ3n) is 4.22. The fourth-order valence-electron chi connectivity index (χ4n) is 2.84. The van der Waals surface area contributed by atoms with Crippen LogP contribution >= 0.6 is 11.3 Å². The molecule has 28 heavy (non-hydrogen) atoms. The maximum Gasteiger partial charge on any atom is 0.248 e. The van der Waals surface area contributed by atoms with Crippen LogP contribution in [0.2, 0.25) is 0 Å². The number of anilines is 1. The normalized spacial score (nSPS) is 11.0. The highest BCUT2D eigenvalue weighted by atomic mass is 32.1. The summed E-state index contributed by atoms with van der Waals surface area (Å²) < 4.78 is 6.53. The van der Waals surface area contributed by atoms with Crippen LogP contribution in [0, 0.1) is 0 Å². The molecule has 138 valence electrons. The summed E-state index contributed by atoms with van der Waals surface area (Å²) in [6.07, 6.45) is 3.29. The van der Waals surface area contributed by atoms with E-state index in [9.17, 15) is 4.79 Å². The molecule has 0 unspecified atom stereocenters. The topological polar surface area (TPSA) is 51.2 Å². The van der Waals surface area contributed by atoms with Crippen molar-refractivity contribution in [3.8, 4) is 16.3 Å². The highest BCUT2D eigenvalue weighted by Gasteiger charge is 2.11. The summed E-state index contributed by atoms with van der Waals surface area (Å²) in [6, 6.07) is 23.4. The Kier molecular flexibility index (Phi) is 5.17. The van der Waals surface area contributed by atoms with Crippen LogP contribution in [0.1, 0.15) is 5.56 Å². The maximum absolute atomic E-state index is 12.4. The third-order valence-corrected chi connectivity index (χ3v) is 5.31. The molecule has 0 aliphatic rings. The molecule has 4 nitrogen and oxygen atoms in total. The molecule has 0 atom stereocenters. The Hall–Kier alpha value is -3.44. The second-order valence-corrected chi connectivity index (χ2v) is 7.17. The van der Waals surface area contributed by atoms with Crippen LogP contribution in [0.4, 0.5) is 5.69 Å². The molecule has 0 radical (unpaired) electrons. The van der Waals surface area contributed by atoms with E-state index >= 15 is 0 Å². The van der Waals surface area contributed by atoms with Gasteiger partial charge >= 0.3 is 0 Å². The van der Waals surface area contributed by atoms with Gasteiger partial charge in [-0.3, -0.25) is 4.79 Å². The van der Waals surface area contributed by atoms with E-state index in [1.54, 1.807) is 24.5 Å². The second-order valence-electron chi connectivity index (χ2n) is 6.14. The van der Waals surface area contributed by atoms with Crippen LogP contribution in [0.25, 0.3) is 26.9 Å². The number of hydrogen-bond donors (Lipinski definition) is 1. The van der Waals surface area contributed by atoms with Crippen molar-refractivity contribution in [2.24, 2.45) is 0 Å². The number of amides is 1. The third kappa shape index (κ3) is 3.94. The van der Waals surface area contributed by atoms with Gasteiger partial charge in [0.25, 0.3) is 0 Å². The summed E-state index contributed by atoms with van der Waals surface area (Å²) in [5.41, 5.74) is 3.48. The summed E-state index contributed by atoms with van der Waals surface area (Å²) in [5.74, 6) is 0.384. The Balaban J connectivity index is 1.60. The minimum atomic E-state index is -0.219. The Morgan fingerprint density at radius 2 is 1.82 bits per heavy atom. The average molecular weight is 386 g/mol. The van der Waals surface area contributed by atoms with Gasteiger partial charge in [0.2, 0.25) is 5.91 Å². The van der Waals surface area contributed by atoms with Gasteiger partial charge in [-0.1, -0.05) is 42.5 Å². The fourth-order valence-corrected chi connectivity index (χ4v) is 3.81. The van der Waals surface area contributed by atoms with Gasteiger partial charge in [-0.05, 0) is 42.0 Å². The number of nitrogens with zero attached hydrogens (tertiary/aromatic N) is 1. The zero-order valence-corrected chi connectivity index (χ0v) is 16.1. The summed E-state index contributed by atoms with van der Waals surface area (Å²) in [4.78, 5) is 17.1. The van der Waals surface area contributed by atoms with Gasteiger partial charge in [-0.25, -0.2) is 4.98 Å². The number of ether oxygens (including phenoxy) is 1. The van der Waals surface area contributed by atoms with Crippen LogP contribution in [-0.4, -0.2) is 18.0 Å². The molecule has 1 aromatic heterocycles. The number of hydrogen-bond acceptors (Lipinski definition) is 4. The van der Waals surface area contributed by atoms with Gasteiger partial charge in [0, 0.05) is 11.6 Å². The number of benzene rings is 3. The standard InChI is InChI=1S/C23H18N2O2S/c1-27-20-13-12-17(23-25-18-9-5-6-10-21(18)28-23)15-19(20)24-22(26)14-11-16-7-3-2-4-8-16/h2-15H,1H3,(H,24,26)/b14-11-. The lowest BCUT2D eigenvalue weighted by molar-refractivity contribution is -0.111. The lowest BCUT2D eigenvalue weighted by atomic mass is 10.2. The number of rotatable bonds is 5. The Bertz CT molecular complexity index is 1120. The number of methoxy groups -OCH3 is 1. The highest BCUT2D eigenvalue weighted by Crippen LogP contribution is 2.34. The molecule has 1 N–H and O–H groups in total. The number of para-hydroxylation sites is 1. The van der Waals surface area contributed by atoms with E-state index in [2.05, 4.69) is 16.4 Å². The summed E-state index contributed by atoms with van der Waals surface area (Å²) in [6.45, 7) is 0. The molecule has 0 aliphatic carbocycles. The van der Waals surface area contributed by atoms with Crippen molar-refractivity contribution in [2.45, 2.75) is 0 Å². The highest BCUT2D eigenvalue weighted by molar-refractivity contribution is 7.21. The average Bonchev–Trinajstić information content (AvgIpc) is 3.17. The minimum Gasteiger partial charge on any atom is -0.495 e. The van der Waals surface area contributed by atoms with Crippen molar-refractivity contribution in [2.75, 3.05) is 12.4 Å². The summed E-state index contributed by atoms with van der Waals surface area (Å²) >= 11 is 1.62. The first-order valence-electron chi connectivity index (χ1n) is 8.81. The number of carbonyl (C=O) groups is 1. The zero-order valence-electron chi connectivity index (χ0n) is 15.3. The molecular formula is C23H18N2O2S. The van der Waals surface area contributed by atoms with Gasteiger partial charge in [0.15, 0.2) is 0 Å². The number of nitrogens with one attached hydrogen (secondary N) is 1. The first kappa shape index (κ1) is 17.9. The molecule has 0 saturated heterocycles. The Morgan fingerprint density at radius 3 is 2.61 bits per heavy atom. The molecule has 0 saturated carbocycles.